The number of benzene rings is 2. The molecule has 0 unspecified atom stereocenters. The number of hydrogen-bond donors (Lipinski definition) is 1. The van der Waals surface area contributed by atoms with Gasteiger partial charge < -0.3 is 5.32 Å². The molecule has 5 nitrogen and oxygen atoms in total. The Morgan fingerprint density at radius 2 is 1.65 bits per heavy atom. The van der Waals surface area contributed by atoms with Gasteiger partial charge in [0.1, 0.15) is 0 Å². The van der Waals surface area contributed by atoms with Crippen LogP contribution in [-0.2, 0) is 10.0 Å². The predicted molar refractivity (Wildman–Crippen MR) is 103 cm³/mol. The zero-order chi connectivity index (χ0) is 18.7. The second kappa shape index (κ2) is 7.60. The van der Waals surface area contributed by atoms with Crippen LogP contribution >= 0.6 is 0 Å². The molecule has 1 aliphatic heterocycles. The Balaban J connectivity index is 1.90. The summed E-state index contributed by atoms with van der Waals surface area (Å²) in [5, 5.41) is 2.88. The molecule has 138 valence electrons. The van der Waals surface area contributed by atoms with Gasteiger partial charge in [-0.25, -0.2) is 8.42 Å². The van der Waals surface area contributed by atoms with Gasteiger partial charge in [-0.1, -0.05) is 30.7 Å². The highest BCUT2D eigenvalue weighted by atomic mass is 32.2. The smallest absolute Gasteiger partial charge is 0.255 e. The van der Waals surface area contributed by atoms with Crippen LogP contribution in [-0.4, -0.2) is 31.7 Å². The molecule has 0 aliphatic carbocycles. The number of carbonyl (C=O) groups excluding carboxylic acids is 1. The maximum Gasteiger partial charge on any atom is 0.255 e. The van der Waals surface area contributed by atoms with Crippen LogP contribution < -0.4 is 5.32 Å². The maximum atomic E-state index is 12.9. The third-order valence-corrected chi connectivity index (χ3v) is 6.69. The van der Waals surface area contributed by atoms with Gasteiger partial charge in [-0.3, -0.25) is 4.79 Å². The summed E-state index contributed by atoms with van der Waals surface area (Å²) in [6, 6.07) is 12.3. The Bertz CT molecular complexity index is 916. The second-order valence-corrected chi connectivity index (χ2v) is 8.65. The van der Waals surface area contributed by atoms with Gasteiger partial charge in [0.25, 0.3) is 5.91 Å². The van der Waals surface area contributed by atoms with E-state index in [0.717, 1.165) is 36.1 Å². The SMILES string of the molecule is Cc1ccccc1NC(=O)c1cc(S(=O)(=O)N2CCCCC2)ccc1C. The van der Waals surface area contributed by atoms with E-state index in [1.807, 2.05) is 38.1 Å². The lowest BCUT2D eigenvalue weighted by atomic mass is 10.1. The second-order valence-electron chi connectivity index (χ2n) is 6.71. The Morgan fingerprint density at radius 3 is 2.35 bits per heavy atom. The van der Waals surface area contributed by atoms with Crippen LogP contribution in [0, 0.1) is 13.8 Å². The van der Waals surface area contributed by atoms with Crippen molar-refractivity contribution in [1.82, 2.24) is 4.31 Å². The van der Waals surface area contributed by atoms with Crippen LogP contribution in [0.3, 0.4) is 0 Å². The Hall–Kier alpha value is -2.18. The minimum Gasteiger partial charge on any atom is -0.322 e. The molecule has 0 aromatic heterocycles. The van der Waals surface area contributed by atoms with Crippen molar-refractivity contribution < 1.29 is 13.2 Å². The highest BCUT2D eigenvalue weighted by Gasteiger charge is 2.27. The Morgan fingerprint density at radius 1 is 0.962 bits per heavy atom. The number of piperidine rings is 1. The van der Waals surface area contributed by atoms with Crippen LogP contribution in [0.25, 0.3) is 0 Å². The molecule has 3 rings (SSSR count). The number of hydrogen-bond acceptors (Lipinski definition) is 3. The van der Waals surface area contributed by atoms with E-state index in [2.05, 4.69) is 5.32 Å². The van der Waals surface area contributed by atoms with Crippen LogP contribution in [0.15, 0.2) is 47.4 Å². The highest BCUT2D eigenvalue weighted by molar-refractivity contribution is 7.89. The van der Waals surface area contributed by atoms with E-state index in [4.69, 9.17) is 0 Å². The number of anilines is 1. The summed E-state index contributed by atoms with van der Waals surface area (Å²) in [4.78, 5) is 12.9. The molecule has 1 aliphatic rings. The van der Waals surface area contributed by atoms with Gasteiger partial charge in [0.05, 0.1) is 4.90 Å². The molecule has 0 bridgehead atoms. The number of carbonyl (C=O) groups is 1. The summed E-state index contributed by atoms with van der Waals surface area (Å²) in [7, 11) is -3.56. The molecule has 26 heavy (non-hydrogen) atoms. The first-order chi connectivity index (χ1) is 12.4. The standard InChI is InChI=1S/C20H24N2O3S/c1-15-10-11-17(26(24,25)22-12-6-3-7-13-22)14-18(15)20(23)21-19-9-5-4-8-16(19)2/h4-5,8-11,14H,3,6-7,12-13H2,1-2H3,(H,21,23). The van der Waals surface area contributed by atoms with E-state index < -0.39 is 10.0 Å². The van der Waals surface area contributed by atoms with Crippen LogP contribution in [0.1, 0.15) is 40.7 Å². The van der Waals surface area contributed by atoms with Gasteiger partial charge in [0.15, 0.2) is 0 Å². The molecule has 2 aromatic rings. The molecule has 0 spiro atoms. The third kappa shape index (κ3) is 3.81. The van der Waals surface area contributed by atoms with Crippen molar-refractivity contribution in [2.24, 2.45) is 0 Å². The molecule has 1 fully saturated rings. The van der Waals surface area contributed by atoms with Gasteiger partial charge in [-0.2, -0.15) is 4.31 Å². The lowest BCUT2D eigenvalue weighted by molar-refractivity contribution is 0.102. The zero-order valence-electron chi connectivity index (χ0n) is 15.2. The van der Waals surface area contributed by atoms with Crippen molar-refractivity contribution >= 4 is 21.6 Å². The lowest BCUT2D eigenvalue weighted by Crippen LogP contribution is -2.35. The first-order valence-corrected chi connectivity index (χ1v) is 10.3. The number of nitrogens with one attached hydrogen (secondary N) is 1. The normalized spacial score (nSPS) is 15.6. The minimum atomic E-state index is -3.56. The number of sulfonamides is 1. The number of aryl methyl sites for hydroxylation is 2. The Kier molecular flexibility index (Phi) is 5.44. The minimum absolute atomic E-state index is 0.180. The van der Waals surface area contributed by atoms with Crippen LogP contribution in [0.2, 0.25) is 0 Å². The molecule has 2 aromatic carbocycles. The fourth-order valence-electron chi connectivity index (χ4n) is 3.16. The van der Waals surface area contributed by atoms with E-state index in [1.165, 1.54) is 10.4 Å². The fraction of sp³-hybridized carbons (Fsp3) is 0.350. The zero-order valence-corrected chi connectivity index (χ0v) is 16.0. The first kappa shape index (κ1) is 18.6. The molecule has 0 radical (unpaired) electrons. The summed E-state index contributed by atoms with van der Waals surface area (Å²) in [6.45, 7) is 4.81. The van der Waals surface area contributed by atoms with E-state index >= 15 is 0 Å². The number of nitrogens with zero attached hydrogens (tertiary/aromatic N) is 1. The molecule has 1 amide bonds. The van der Waals surface area contributed by atoms with E-state index in [9.17, 15) is 13.2 Å². The summed E-state index contributed by atoms with van der Waals surface area (Å²) in [6.07, 6.45) is 2.82. The lowest BCUT2D eigenvalue weighted by Gasteiger charge is -2.26. The van der Waals surface area contributed by atoms with Gasteiger partial charge >= 0.3 is 0 Å². The van der Waals surface area contributed by atoms with Gasteiger partial charge in [-0.05, 0) is 56.0 Å². The maximum absolute atomic E-state index is 12.9. The molecule has 1 heterocycles. The van der Waals surface area contributed by atoms with Crippen LogP contribution in [0.4, 0.5) is 5.69 Å². The molecule has 1 N–H and O–H groups in total. The van der Waals surface area contributed by atoms with Crippen molar-refractivity contribution in [2.75, 3.05) is 18.4 Å². The number of amides is 1. The summed E-state index contributed by atoms with van der Waals surface area (Å²) in [5.74, 6) is -0.299. The van der Waals surface area contributed by atoms with Crippen molar-refractivity contribution in [3.8, 4) is 0 Å². The average Bonchev–Trinajstić information content (AvgIpc) is 2.64. The molecule has 0 atom stereocenters. The molecular formula is C20H24N2O3S. The number of rotatable bonds is 4. The van der Waals surface area contributed by atoms with Crippen molar-refractivity contribution in [1.29, 1.82) is 0 Å². The van der Waals surface area contributed by atoms with E-state index in [-0.39, 0.29) is 10.8 Å². The van der Waals surface area contributed by atoms with Gasteiger partial charge in [0.2, 0.25) is 10.0 Å². The summed E-state index contributed by atoms with van der Waals surface area (Å²) in [5.41, 5.74) is 2.80. The Labute approximate surface area is 155 Å². The largest absolute Gasteiger partial charge is 0.322 e. The molecule has 0 saturated carbocycles. The summed E-state index contributed by atoms with van der Waals surface area (Å²) >= 11 is 0. The average molecular weight is 372 g/mol. The molecule has 1 saturated heterocycles. The van der Waals surface area contributed by atoms with E-state index in [0.29, 0.717) is 18.7 Å². The quantitative estimate of drug-likeness (QED) is 0.889. The van der Waals surface area contributed by atoms with Crippen molar-refractivity contribution in [2.45, 2.75) is 38.0 Å². The first-order valence-electron chi connectivity index (χ1n) is 8.87. The van der Waals surface area contributed by atoms with Gasteiger partial charge in [-0.15, -0.1) is 0 Å². The molecular weight excluding hydrogens is 348 g/mol. The fourth-order valence-corrected chi connectivity index (χ4v) is 4.71. The monoisotopic (exact) mass is 372 g/mol. The predicted octanol–water partition coefficient (Wildman–Crippen LogP) is 3.73. The highest BCUT2D eigenvalue weighted by Crippen LogP contribution is 2.24. The topological polar surface area (TPSA) is 66.5 Å². The van der Waals surface area contributed by atoms with Gasteiger partial charge in [0, 0.05) is 24.3 Å². The number of para-hydroxylation sites is 1. The van der Waals surface area contributed by atoms with E-state index in [1.54, 1.807) is 12.1 Å². The van der Waals surface area contributed by atoms with Crippen LogP contribution in [0.5, 0.6) is 0 Å². The van der Waals surface area contributed by atoms with Crippen molar-refractivity contribution in [3.63, 3.8) is 0 Å². The third-order valence-electron chi connectivity index (χ3n) is 4.80. The van der Waals surface area contributed by atoms with Crippen molar-refractivity contribution in [3.05, 3.63) is 59.2 Å². The molecule has 6 heteroatoms. The summed E-state index contributed by atoms with van der Waals surface area (Å²) < 4.78 is 27.3.